The molecule has 0 fully saturated rings. The Bertz CT molecular complexity index is 2730. The number of fused-ring (bicyclic) bond motifs is 10. The Balaban J connectivity index is 0.000000123. The summed E-state index contributed by atoms with van der Waals surface area (Å²) in [6.45, 7) is 0. The second-order valence-electron chi connectivity index (χ2n) is 14.3. The van der Waals surface area contributed by atoms with E-state index in [9.17, 15) is 0 Å². The van der Waals surface area contributed by atoms with Crippen molar-refractivity contribution in [2.45, 2.75) is 0 Å². The lowest BCUT2D eigenvalue weighted by atomic mass is 9.96. The summed E-state index contributed by atoms with van der Waals surface area (Å²) in [7, 11) is 0. The molecule has 0 spiro atoms. The number of benzene rings is 12. The molecule has 0 atom stereocenters. The van der Waals surface area contributed by atoms with Crippen LogP contribution in [0.15, 0.2) is 194 Å². The zero-order chi connectivity index (χ0) is 34.2. The monoisotopic (exact) mass is 656 g/mol. The van der Waals surface area contributed by atoms with Gasteiger partial charge in [-0.15, -0.1) is 0 Å². The quantitative estimate of drug-likeness (QED) is 0.143. The zero-order valence-electron chi connectivity index (χ0n) is 28.5. The van der Waals surface area contributed by atoms with Gasteiger partial charge in [0.05, 0.1) is 0 Å². The highest BCUT2D eigenvalue weighted by atomic mass is 14.1. The molecule has 0 aromatic heterocycles. The van der Waals surface area contributed by atoms with Crippen LogP contribution >= 0.6 is 0 Å². The van der Waals surface area contributed by atoms with Gasteiger partial charge in [-0.05, 0) is 205 Å². The SMILES string of the molecule is c1ccc2cc3cc4cc5cc6ccccc6cc5cc4cc3cc2c1.c1ccc2cc3cc4cc5cc6ccccc6cc5cc4cc3cc2c1. The molecule has 0 heterocycles. The first kappa shape index (κ1) is 29.0. The molecule has 52 heavy (non-hydrogen) atoms. The maximum absolute atomic E-state index is 2.33. The van der Waals surface area contributed by atoms with E-state index in [2.05, 4.69) is 194 Å². The Labute approximate surface area is 300 Å². The van der Waals surface area contributed by atoms with Gasteiger partial charge in [0.1, 0.15) is 0 Å². The first-order chi connectivity index (χ1) is 25.7. The Morgan fingerprint density at radius 1 is 0.115 bits per heavy atom. The van der Waals surface area contributed by atoms with Crippen LogP contribution in [0.3, 0.4) is 0 Å². The summed E-state index contributed by atoms with van der Waals surface area (Å²) in [5.41, 5.74) is 0. The van der Waals surface area contributed by atoms with Gasteiger partial charge in [0.2, 0.25) is 0 Å². The highest BCUT2D eigenvalue weighted by molar-refractivity contribution is 6.12. The lowest BCUT2D eigenvalue weighted by Crippen LogP contribution is -1.81. The number of rotatable bonds is 0. The summed E-state index contributed by atoms with van der Waals surface area (Å²) in [4.78, 5) is 0. The molecule has 240 valence electrons. The number of hydrogen-bond acceptors (Lipinski definition) is 0. The third-order valence-corrected chi connectivity index (χ3v) is 11.0. The van der Waals surface area contributed by atoms with Crippen LogP contribution in [0.4, 0.5) is 0 Å². The van der Waals surface area contributed by atoms with Gasteiger partial charge in [-0.25, -0.2) is 0 Å². The van der Waals surface area contributed by atoms with Crippen LogP contribution in [0, 0.1) is 0 Å². The van der Waals surface area contributed by atoms with Gasteiger partial charge in [0.25, 0.3) is 0 Å². The molecule has 0 aliphatic rings. The van der Waals surface area contributed by atoms with Crippen LogP contribution in [-0.2, 0) is 0 Å². The van der Waals surface area contributed by atoms with Crippen LogP contribution in [0.2, 0.25) is 0 Å². The smallest absolute Gasteiger partial charge is 0.0171 e. The van der Waals surface area contributed by atoms with Crippen LogP contribution in [0.1, 0.15) is 0 Å². The summed E-state index contributed by atoms with van der Waals surface area (Å²) >= 11 is 0. The molecule has 0 radical (unpaired) electrons. The molecule has 0 aliphatic heterocycles. The van der Waals surface area contributed by atoms with Gasteiger partial charge in [0, 0.05) is 0 Å². The fourth-order valence-electron chi connectivity index (χ4n) is 8.28. The topological polar surface area (TPSA) is 0 Å². The second kappa shape index (κ2) is 11.4. The maximum atomic E-state index is 2.33. The lowest BCUT2D eigenvalue weighted by molar-refractivity contribution is 1.78. The molecule has 0 aliphatic carbocycles. The van der Waals surface area contributed by atoms with E-state index in [4.69, 9.17) is 0 Å². The molecular formula is C52H32. The Kier molecular flexibility index (Phi) is 6.35. The normalized spacial score (nSPS) is 11.8. The highest BCUT2D eigenvalue weighted by Crippen LogP contribution is 2.34. The predicted molar refractivity (Wildman–Crippen MR) is 228 cm³/mol. The Morgan fingerprint density at radius 3 is 0.327 bits per heavy atom. The fraction of sp³-hybridized carbons (Fsp3) is 0. The molecule has 0 bridgehead atoms. The summed E-state index contributed by atoms with van der Waals surface area (Å²) in [5, 5.41) is 26.0. The summed E-state index contributed by atoms with van der Waals surface area (Å²) in [5.74, 6) is 0. The average molecular weight is 657 g/mol. The molecule has 0 saturated heterocycles. The van der Waals surface area contributed by atoms with Crippen LogP contribution in [0.5, 0.6) is 0 Å². The molecule has 0 N–H and O–H groups in total. The van der Waals surface area contributed by atoms with Gasteiger partial charge in [-0.2, -0.15) is 0 Å². The minimum absolute atomic E-state index is 1.30. The van der Waals surface area contributed by atoms with Gasteiger partial charge < -0.3 is 0 Å². The fourth-order valence-corrected chi connectivity index (χ4v) is 8.28. The molecule has 12 rings (SSSR count). The van der Waals surface area contributed by atoms with Crippen molar-refractivity contribution in [2.75, 3.05) is 0 Å². The zero-order valence-corrected chi connectivity index (χ0v) is 28.5. The summed E-state index contributed by atoms with van der Waals surface area (Å²) in [6, 6.07) is 71.3. The first-order valence-electron chi connectivity index (χ1n) is 18.0. The molecular weight excluding hydrogens is 625 g/mol. The molecule has 0 heteroatoms. The van der Waals surface area contributed by atoms with Crippen LogP contribution in [-0.4, -0.2) is 0 Å². The Hall–Kier alpha value is -6.76. The second-order valence-corrected chi connectivity index (χ2v) is 14.3. The van der Waals surface area contributed by atoms with E-state index < -0.39 is 0 Å². The van der Waals surface area contributed by atoms with E-state index in [0.29, 0.717) is 0 Å². The van der Waals surface area contributed by atoms with Gasteiger partial charge >= 0.3 is 0 Å². The van der Waals surface area contributed by atoms with Crippen molar-refractivity contribution in [3.8, 4) is 0 Å². The lowest BCUT2D eigenvalue weighted by Gasteiger charge is -2.08. The van der Waals surface area contributed by atoms with E-state index >= 15 is 0 Å². The number of hydrogen-bond donors (Lipinski definition) is 0. The van der Waals surface area contributed by atoms with Gasteiger partial charge in [0.15, 0.2) is 0 Å². The van der Waals surface area contributed by atoms with Crippen molar-refractivity contribution < 1.29 is 0 Å². The van der Waals surface area contributed by atoms with Gasteiger partial charge in [-0.3, -0.25) is 0 Å². The molecule has 0 unspecified atom stereocenters. The highest BCUT2D eigenvalue weighted by Gasteiger charge is 2.06. The van der Waals surface area contributed by atoms with Gasteiger partial charge in [-0.1, -0.05) is 97.1 Å². The largest absolute Gasteiger partial charge is 0.0616 e. The van der Waals surface area contributed by atoms with Crippen LogP contribution < -0.4 is 0 Å². The molecule has 0 nitrogen and oxygen atoms in total. The summed E-state index contributed by atoms with van der Waals surface area (Å²) in [6.07, 6.45) is 0. The van der Waals surface area contributed by atoms with E-state index in [1.54, 1.807) is 0 Å². The molecule has 0 amide bonds. The van der Waals surface area contributed by atoms with Crippen molar-refractivity contribution in [3.63, 3.8) is 0 Å². The minimum Gasteiger partial charge on any atom is -0.0616 e. The van der Waals surface area contributed by atoms with Crippen molar-refractivity contribution in [1.29, 1.82) is 0 Å². The summed E-state index contributed by atoms with van der Waals surface area (Å²) < 4.78 is 0. The minimum atomic E-state index is 1.30. The van der Waals surface area contributed by atoms with Crippen molar-refractivity contribution in [1.82, 2.24) is 0 Å². The third kappa shape index (κ3) is 4.92. The maximum Gasteiger partial charge on any atom is -0.0171 e. The average Bonchev–Trinajstić information content (AvgIpc) is 3.17. The van der Waals surface area contributed by atoms with Crippen molar-refractivity contribution in [2.24, 2.45) is 0 Å². The van der Waals surface area contributed by atoms with E-state index in [1.165, 1.54) is 108 Å². The predicted octanol–water partition coefficient (Wildman–Crippen LogP) is 14.9. The van der Waals surface area contributed by atoms with E-state index in [1.807, 2.05) is 0 Å². The van der Waals surface area contributed by atoms with Crippen molar-refractivity contribution in [3.05, 3.63) is 194 Å². The molecule has 0 saturated carbocycles. The van der Waals surface area contributed by atoms with E-state index in [-0.39, 0.29) is 0 Å². The Morgan fingerprint density at radius 2 is 0.212 bits per heavy atom. The van der Waals surface area contributed by atoms with Crippen LogP contribution in [0.25, 0.3) is 108 Å². The van der Waals surface area contributed by atoms with Crippen molar-refractivity contribution >= 4 is 108 Å². The molecule has 12 aromatic rings. The first-order valence-corrected chi connectivity index (χ1v) is 18.0. The van der Waals surface area contributed by atoms with E-state index in [0.717, 1.165) is 0 Å². The standard InChI is InChI=1S/2C26H16/c2*1-2-6-18-10-22-14-26-16-24-12-20-8-4-3-7-19(20)11-23(24)15-25(26)13-21(22)9-17(18)5-1/h2*1-16H. The molecule has 12 aromatic carbocycles. The third-order valence-electron chi connectivity index (χ3n) is 11.0.